The maximum absolute atomic E-state index is 9.96. The normalized spacial score (nSPS) is 14.9. The number of aromatic nitrogens is 5. The molecule has 0 radical (unpaired) electrons. The Kier molecular flexibility index (Phi) is 8.84. The van der Waals surface area contributed by atoms with E-state index in [0.717, 1.165) is 41.2 Å². The molecule has 13 nitrogen and oxygen atoms in total. The number of ether oxygens (including phenoxy) is 1. The lowest BCUT2D eigenvalue weighted by Crippen LogP contribution is -2.61. The summed E-state index contributed by atoms with van der Waals surface area (Å²) < 4.78 is 8.78. The summed E-state index contributed by atoms with van der Waals surface area (Å²) in [5.41, 5.74) is 5.19. The number of hydrogen-bond acceptors (Lipinski definition) is 11. The Morgan fingerprint density at radius 2 is 1.81 bits per heavy atom. The number of pyridine rings is 1. The highest BCUT2D eigenvalue weighted by atomic mass is 16.7. The predicted octanol–water partition coefficient (Wildman–Crippen LogP) is 1.24. The molecule has 0 saturated carbocycles. The zero-order valence-electron chi connectivity index (χ0n) is 23.7. The molecule has 4 heterocycles. The molecular formula is C30H35N7O6. The van der Waals surface area contributed by atoms with Gasteiger partial charge in [-0.2, -0.15) is 15.1 Å². The van der Waals surface area contributed by atoms with Crippen LogP contribution in [-0.4, -0.2) is 99.8 Å². The Morgan fingerprint density at radius 1 is 1.07 bits per heavy atom. The van der Waals surface area contributed by atoms with Crippen molar-refractivity contribution in [2.45, 2.75) is 25.5 Å². The molecular weight excluding hydrogens is 554 g/mol. The Labute approximate surface area is 248 Å². The van der Waals surface area contributed by atoms with Crippen molar-refractivity contribution in [2.75, 3.05) is 37.7 Å². The molecule has 0 unspecified atom stereocenters. The molecule has 0 spiro atoms. The van der Waals surface area contributed by atoms with Crippen LogP contribution in [0.1, 0.15) is 18.2 Å². The van der Waals surface area contributed by atoms with Crippen LogP contribution in [0.15, 0.2) is 79.8 Å². The molecule has 0 amide bonds. The molecule has 0 atom stereocenters. The lowest BCUT2D eigenvalue weighted by Gasteiger charge is -2.37. The molecule has 1 saturated heterocycles. The third-order valence-corrected chi connectivity index (χ3v) is 7.12. The molecule has 0 aliphatic carbocycles. The van der Waals surface area contributed by atoms with Gasteiger partial charge in [0.05, 0.1) is 37.3 Å². The molecule has 5 N–H and O–H groups in total. The third kappa shape index (κ3) is 7.24. The van der Waals surface area contributed by atoms with Crippen LogP contribution in [0.4, 0.5) is 5.69 Å². The molecule has 1 aliphatic heterocycles. The Morgan fingerprint density at radius 3 is 2.51 bits per heavy atom. The van der Waals surface area contributed by atoms with Gasteiger partial charge in [-0.3, -0.25) is 4.68 Å². The van der Waals surface area contributed by atoms with Crippen LogP contribution in [0.25, 0.3) is 28.7 Å². The van der Waals surface area contributed by atoms with Gasteiger partial charge in [-0.25, -0.2) is 9.67 Å². The van der Waals surface area contributed by atoms with Gasteiger partial charge in [-0.15, -0.1) is 0 Å². The second-order valence-corrected chi connectivity index (χ2v) is 10.2. The summed E-state index contributed by atoms with van der Waals surface area (Å²) in [5.74, 6) is -2.20. The molecule has 1 fully saturated rings. The highest BCUT2D eigenvalue weighted by Gasteiger charge is 2.42. The van der Waals surface area contributed by atoms with E-state index >= 15 is 0 Å². The van der Waals surface area contributed by atoms with Crippen LogP contribution in [0.2, 0.25) is 0 Å². The third-order valence-electron chi connectivity index (χ3n) is 7.12. The first-order chi connectivity index (χ1) is 20.5. The van der Waals surface area contributed by atoms with E-state index in [-0.39, 0.29) is 18.0 Å². The maximum atomic E-state index is 9.96. The molecule has 4 aromatic rings. The molecule has 5 rings (SSSR count). The van der Waals surface area contributed by atoms with Crippen molar-refractivity contribution < 1.29 is 30.3 Å². The number of aliphatic hydroxyl groups is 5. The minimum atomic E-state index is -3.49. The van der Waals surface area contributed by atoms with Gasteiger partial charge < -0.3 is 35.2 Å². The van der Waals surface area contributed by atoms with Gasteiger partial charge in [0.1, 0.15) is 0 Å². The van der Waals surface area contributed by atoms with Crippen molar-refractivity contribution in [3.8, 4) is 17.1 Å². The molecule has 226 valence electrons. The van der Waals surface area contributed by atoms with E-state index in [1.165, 1.54) is 4.68 Å². The molecule has 1 aromatic carbocycles. The van der Waals surface area contributed by atoms with E-state index in [1.807, 2.05) is 67.7 Å². The van der Waals surface area contributed by atoms with Crippen molar-refractivity contribution >= 4 is 17.3 Å². The smallest absolute Gasteiger partial charge is 0.350 e. The molecule has 0 bridgehead atoms. The van der Waals surface area contributed by atoms with Crippen molar-refractivity contribution in [1.82, 2.24) is 29.4 Å². The lowest BCUT2D eigenvalue weighted by molar-refractivity contribution is -0.451. The van der Waals surface area contributed by atoms with Gasteiger partial charge in [-0.05, 0) is 36.8 Å². The van der Waals surface area contributed by atoms with Gasteiger partial charge in [0, 0.05) is 54.9 Å². The summed E-state index contributed by atoms with van der Waals surface area (Å²) in [4.78, 5) is 7.38. The van der Waals surface area contributed by atoms with Gasteiger partial charge in [0.2, 0.25) is 0 Å². The average Bonchev–Trinajstić information content (AvgIpc) is 3.68. The second kappa shape index (κ2) is 12.6. The van der Waals surface area contributed by atoms with Crippen molar-refractivity contribution in [3.05, 3.63) is 91.0 Å². The minimum absolute atomic E-state index is 0.00855. The second-order valence-electron chi connectivity index (χ2n) is 10.2. The zero-order chi connectivity index (χ0) is 30.6. The van der Waals surface area contributed by atoms with Gasteiger partial charge in [0.15, 0.2) is 5.82 Å². The first-order valence-corrected chi connectivity index (χ1v) is 13.7. The van der Waals surface area contributed by atoms with E-state index in [9.17, 15) is 25.5 Å². The maximum Gasteiger partial charge on any atom is 0.350 e. The van der Waals surface area contributed by atoms with Crippen LogP contribution >= 0.6 is 0 Å². The first-order valence-electron chi connectivity index (χ1n) is 13.7. The monoisotopic (exact) mass is 589 g/mol. The van der Waals surface area contributed by atoms with Crippen LogP contribution in [0.5, 0.6) is 0 Å². The fourth-order valence-corrected chi connectivity index (χ4v) is 4.77. The van der Waals surface area contributed by atoms with Crippen molar-refractivity contribution in [2.24, 2.45) is 0 Å². The number of anilines is 1. The number of benzene rings is 1. The van der Waals surface area contributed by atoms with E-state index in [0.29, 0.717) is 30.8 Å². The van der Waals surface area contributed by atoms with Crippen molar-refractivity contribution in [3.63, 3.8) is 0 Å². The minimum Gasteiger partial charge on any atom is -0.378 e. The number of allylic oxidation sites excluding steroid dienone is 1. The van der Waals surface area contributed by atoms with Crippen LogP contribution in [-0.2, 0) is 11.3 Å². The number of nitrogens with zero attached hydrogens (tertiary/aromatic N) is 7. The lowest BCUT2D eigenvalue weighted by atomic mass is 10.1. The summed E-state index contributed by atoms with van der Waals surface area (Å²) in [6.07, 6.45) is 4.34. The molecule has 3 aromatic heterocycles. The van der Waals surface area contributed by atoms with Gasteiger partial charge in [0.25, 0.3) is 5.91 Å². The van der Waals surface area contributed by atoms with Crippen LogP contribution < -0.4 is 4.90 Å². The summed E-state index contributed by atoms with van der Waals surface area (Å²) in [6.45, 7) is 7.57. The Balaban J connectivity index is 1.41. The number of rotatable bonds is 11. The fourth-order valence-electron chi connectivity index (χ4n) is 4.77. The quantitative estimate of drug-likeness (QED) is 0.126. The zero-order valence-corrected chi connectivity index (χ0v) is 23.7. The fraction of sp³-hybridized carbons (Fsp3) is 0.300. The number of morpholine rings is 1. The highest BCUT2D eigenvalue weighted by molar-refractivity contribution is 5.79. The van der Waals surface area contributed by atoms with E-state index < -0.39 is 12.0 Å². The van der Waals surface area contributed by atoms with E-state index in [1.54, 1.807) is 17.1 Å². The Hall–Kier alpha value is -4.21. The topological polar surface area (TPSA) is 165 Å². The van der Waals surface area contributed by atoms with Crippen molar-refractivity contribution in [1.29, 1.82) is 0 Å². The molecule has 13 heteroatoms. The largest absolute Gasteiger partial charge is 0.378 e. The molecule has 1 aliphatic rings. The number of hydrogen-bond donors (Lipinski definition) is 5. The van der Waals surface area contributed by atoms with Gasteiger partial charge in [-0.1, -0.05) is 36.9 Å². The predicted molar refractivity (Wildman–Crippen MR) is 159 cm³/mol. The SMILES string of the molecule is C=CC(O)(O)N(CCn1cc(/C(C)=C/c2cc(N3CCOCC3)cc(-n3ccc(-c4ccccc4)n3)n2)cn1)C(O)(O)O. The average molecular weight is 590 g/mol. The summed E-state index contributed by atoms with van der Waals surface area (Å²) in [5, 5.41) is 57.7. The summed E-state index contributed by atoms with van der Waals surface area (Å²) >= 11 is 0. The van der Waals surface area contributed by atoms with Crippen LogP contribution in [0, 0.1) is 0 Å². The standard InChI is InChI=1S/C30H35N7O6/c1-3-29(38,39)37(30(40,41)42)12-11-35-21-24(20-31-35)22(2)17-25-18-26(34-13-15-43-16-14-34)19-28(32-25)36-10-9-27(33-36)23-7-5-4-6-8-23/h3-10,17-21,38-42H,1,11-16H2,2H3/b22-17+. The molecule has 43 heavy (non-hydrogen) atoms. The van der Waals surface area contributed by atoms with Crippen LogP contribution in [0.3, 0.4) is 0 Å². The summed E-state index contributed by atoms with van der Waals surface area (Å²) in [6, 6.07) is 15.9. The highest BCUT2D eigenvalue weighted by Crippen LogP contribution is 2.25. The van der Waals surface area contributed by atoms with E-state index in [4.69, 9.17) is 14.8 Å². The summed E-state index contributed by atoms with van der Waals surface area (Å²) in [7, 11) is 0. The Bertz CT molecular complexity index is 1570. The van der Waals surface area contributed by atoms with Gasteiger partial charge >= 0.3 is 6.10 Å². The first kappa shape index (κ1) is 30.3. The van der Waals surface area contributed by atoms with E-state index in [2.05, 4.69) is 16.6 Å².